The number of amides is 2. The molecule has 0 aliphatic rings. The number of carbonyl (C=O) groups excluding carboxylic acids is 2. The molecule has 0 aliphatic carbocycles. The van der Waals surface area contributed by atoms with Crippen LogP contribution in [0.25, 0.3) is 21.9 Å². The van der Waals surface area contributed by atoms with Crippen LogP contribution in [0, 0.1) is 6.92 Å². The van der Waals surface area contributed by atoms with Crippen molar-refractivity contribution in [2.24, 2.45) is 0 Å². The summed E-state index contributed by atoms with van der Waals surface area (Å²) in [7, 11) is 3.23. The lowest BCUT2D eigenvalue weighted by atomic mass is 9.99. The van der Waals surface area contributed by atoms with Gasteiger partial charge in [-0.3, -0.25) is 14.6 Å². The number of aryl methyl sites for hydroxylation is 1. The molecule has 28 heavy (non-hydrogen) atoms. The van der Waals surface area contributed by atoms with Crippen LogP contribution in [0.4, 0.5) is 11.5 Å². The predicted octanol–water partition coefficient (Wildman–Crippen LogP) is 2.77. The van der Waals surface area contributed by atoms with E-state index in [1.54, 1.807) is 38.8 Å². The first-order chi connectivity index (χ1) is 13.3. The number of pyridine rings is 2. The first kappa shape index (κ1) is 19.0. The molecule has 0 saturated heterocycles. The molecule has 0 radical (unpaired) electrons. The van der Waals surface area contributed by atoms with Gasteiger partial charge < -0.3 is 16.0 Å². The molecule has 7 nitrogen and oxygen atoms in total. The Morgan fingerprint density at radius 3 is 2.64 bits per heavy atom. The number of anilines is 2. The Morgan fingerprint density at radius 1 is 1.14 bits per heavy atom. The topological polar surface area (TPSA) is 101 Å². The van der Waals surface area contributed by atoms with Gasteiger partial charge >= 0.3 is 0 Å². The zero-order chi connectivity index (χ0) is 20.3. The molecule has 1 aromatic carbocycles. The van der Waals surface area contributed by atoms with Crippen LogP contribution in [0.3, 0.4) is 0 Å². The Kier molecular flexibility index (Phi) is 5.35. The highest BCUT2D eigenvalue weighted by atomic mass is 16.2. The molecule has 3 aromatic rings. The molecule has 2 amide bonds. The SMILES string of the molecule is Cc1ccncc1-c1cc(N)c2cnc(NC(=O)/C=C/C(=O)N(C)C)cc2c1. The molecule has 7 heteroatoms. The molecular formula is C21H21N5O2. The van der Waals surface area contributed by atoms with Crippen LogP contribution < -0.4 is 11.1 Å². The van der Waals surface area contributed by atoms with Gasteiger partial charge in [-0.1, -0.05) is 0 Å². The maximum atomic E-state index is 12.0. The standard InChI is InChI=1S/C21H21N5O2/c1-13-6-7-23-11-16(13)14-8-15-10-19(24-12-17(15)18(22)9-14)25-20(27)4-5-21(28)26(2)3/h4-12H,22H2,1-3H3,(H,24,25,27)/b5-4+. The van der Waals surface area contributed by atoms with Crippen LogP contribution in [0.1, 0.15) is 5.56 Å². The molecule has 0 saturated carbocycles. The zero-order valence-corrected chi connectivity index (χ0v) is 15.9. The number of carbonyl (C=O) groups is 2. The normalized spacial score (nSPS) is 11.0. The summed E-state index contributed by atoms with van der Waals surface area (Å²) in [6.07, 6.45) is 7.55. The van der Waals surface area contributed by atoms with Gasteiger partial charge in [0.2, 0.25) is 11.8 Å². The lowest BCUT2D eigenvalue weighted by Crippen LogP contribution is -2.19. The van der Waals surface area contributed by atoms with Crippen LogP contribution in [-0.4, -0.2) is 40.8 Å². The summed E-state index contributed by atoms with van der Waals surface area (Å²) in [4.78, 5) is 33.4. The maximum absolute atomic E-state index is 12.0. The van der Waals surface area contributed by atoms with Crippen molar-refractivity contribution in [3.8, 4) is 11.1 Å². The molecule has 0 bridgehead atoms. The monoisotopic (exact) mass is 375 g/mol. The van der Waals surface area contributed by atoms with Gasteiger partial charge in [-0.2, -0.15) is 0 Å². The zero-order valence-electron chi connectivity index (χ0n) is 15.9. The van der Waals surface area contributed by atoms with Crippen molar-refractivity contribution in [2.75, 3.05) is 25.1 Å². The predicted molar refractivity (Wildman–Crippen MR) is 111 cm³/mol. The summed E-state index contributed by atoms with van der Waals surface area (Å²) in [5, 5.41) is 4.30. The number of nitrogens with two attached hydrogens (primary N) is 1. The Balaban J connectivity index is 1.91. The van der Waals surface area contributed by atoms with E-state index in [1.807, 2.05) is 25.1 Å². The van der Waals surface area contributed by atoms with Crippen molar-refractivity contribution in [1.29, 1.82) is 0 Å². The third-order valence-corrected chi connectivity index (χ3v) is 4.29. The number of rotatable bonds is 4. The van der Waals surface area contributed by atoms with Crippen LogP contribution in [-0.2, 0) is 9.59 Å². The van der Waals surface area contributed by atoms with Crippen LogP contribution in [0.2, 0.25) is 0 Å². The number of benzene rings is 1. The lowest BCUT2D eigenvalue weighted by molar-refractivity contribution is -0.124. The fraction of sp³-hybridized carbons (Fsp3) is 0.143. The van der Waals surface area contributed by atoms with Gasteiger partial charge in [0.1, 0.15) is 5.82 Å². The first-order valence-electron chi connectivity index (χ1n) is 8.66. The van der Waals surface area contributed by atoms with Crippen molar-refractivity contribution < 1.29 is 9.59 Å². The summed E-state index contributed by atoms with van der Waals surface area (Å²) >= 11 is 0. The van der Waals surface area contributed by atoms with E-state index in [2.05, 4.69) is 15.3 Å². The number of nitrogens with zero attached hydrogens (tertiary/aromatic N) is 3. The summed E-state index contributed by atoms with van der Waals surface area (Å²) < 4.78 is 0. The molecule has 2 heterocycles. The van der Waals surface area contributed by atoms with E-state index >= 15 is 0 Å². The molecule has 3 N–H and O–H groups in total. The number of likely N-dealkylation sites (N-methyl/N-ethyl adjacent to an activating group) is 1. The summed E-state index contributed by atoms with van der Waals surface area (Å²) in [5.41, 5.74) is 9.82. The average Bonchev–Trinajstić information content (AvgIpc) is 2.66. The minimum Gasteiger partial charge on any atom is -0.398 e. The van der Waals surface area contributed by atoms with Crippen molar-refractivity contribution in [3.05, 3.63) is 60.6 Å². The largest absolute Gasteiger partial charge is 0.398 e. The van der Waals surface area contributed by atoms with E-state index < -0.39 is 5.91 Å². The molecule has 0 fully saturated rings. The molecule has 2 aromatic heterocycles. The second kappa shape index (κ2) is 7.87. The second-order valence-corrected chi connectivity index (χ2v) is 6.60. The third kappa shape index (κ3) is 4.15. The molecule has 0 unspecified atom stereocenters. The highest BCUT2D eigenvalue weighted by Gasteiger charge is 2.09. The number of nitrogen functional groups attached to an aromatic ring is 1. The van der Waals surface area contributed by atoms with E-state index in [1.165, 1.54) is 17.1 Å². The van der Waals surface area contributed by atoms with E-state index in [-0.39, 0.29) is 5.91 Å². The summed E-state index contributed by atoms with van der Waals surface area (Å²) in [6.45, 7) is 2.01. The number of hydrogen-bond donors (Lipinski definition) is 2. The summed E-state index contributed by atoms with van der Waals surface area (Å²) in [6, 6.07) is 7.57. The van der Waals surface area contributed by atoms with E-state index in [0.29, 0.717) is 11.5 Å². The first-order valence-corrected chi connectivity index (χ1v) is 8.66. The highest BCUT2D eigenvalue weighted by molar-refractivity contribution is 6.04. The molecule has 0 aliphatic heterocycles. The van der Waals surface area contributed by atoms with Crippen LogP contribution in [0.15, 0.2) is 55.0 Å². The van der Waals surface area contributed by atoms with Crippen LogP contribution in [0.5, 0.6) is 0 Å². The Labute approximate surface area is 162 Å². The Bertz CT molecular complexity index is 1090. The minimum atomic E-state index is -0.436. The smallest absolute Gasteiger partial charge is 0.249 e. The van der Waals surface area contributed by atoms with Gasteiger partial charge in [0.25, 0.3) is 0 Å². The van der Waals surface area contributed by atoms with Gasteiger partial charge in [-0.05, 0) is 47.7 Å². The van der Waals surface area contributed by atoms with Crippen LogP contribution >= 0.6 is 0 Å². The fourth-order valence-corrected chi connectivity index (χ4v) is 2.74. The molecule has 142 valence electrons. The number of nitrogens with one attached hydrogen (secondary N) is 1. The van der Waals surface area contributed by atoms with Crippen molar-refractivity contribution in [2.45, 2.75) is 6.92 Å². The quantitative estimate of drug-likeness (QED) is 0.539. The van der Waals surface area contributed by atoms with Gasteiger partial charge in [0.05, 0.1) is 0 Å². The number of hydrogen-bond acceptors (Lipinski definition) is 5. The molecule has 0 spiro atoms. The van der Waals surface area contributed by atoms with Gasteiger partial charge in [0, 0.05) is 61.5 Å². The Morgan fingerprint density at radius 2 is 1.93 bits per heavy atom. The van der Waals surface area contributed by atoms with Gasteiger partial charge in [0.15, 0.2) is 0 Å². The van der Waals surface area contributed by atoms with Crippen molar-refractivity contribution >= 4 is 34.1 Å². The number of aromatic nitrogens is 2. The van der Waals surface area contributed by atoms with Crippen molar-refractivity contribution in [1.82, 2.24) is 14.9 Å². The fourth-order valence-electron chi connectivity index (χ4n) is 2.74. The maximum Gasteiger partial charge on any atom is 0.249 e. The second-order valence-electron chi connectivity index (χ2n) is 6.60. The van der Waals surface area contributed by atoms with Crippen molar-refractivity contribution in [3.63, 3.8) is 0 Å². The van der Waals surface area contributed by atoms with E-state index in [4.69, 9.17) is 5.73 Å². The van der Waals surface area contributed by atoms with E-state index in [0.717, 1.165) is 27.5 Å². The lowest BCUT2D eigenvalue weighted by Gasteiger charge is -2.10. The highest BCUT2D eigenvalue weighted by Crippen LogP contribution is 2.31. The third-order valence-electron chi connectivity index (χ3n) is 4.29. The summed E-state index contributed by atoms with van der Waals surface area (Å²) in [5.74, 6) is -0.334. The molecule has 3 rings (SSSR count). The van der Waals surface area contributed by atoms with Gasteiger partial charge in [-0.25, -0.2) is 4.98 Å². The van der Waals surface area contributed by atoms with E-state index in [9.17, 15) is 9.59 Å². The molecule has 0 atom stereocenters. The average molecular weight is 375 g/mol. The van der Waals surface area contributed by atoms with Gasteiger partial charge in [-0.15, -0.1) is 0 Å². The Hall–Kier alpha value is -3.74. The number of fused-ring (bicyclic) bond motifs is 1. The molecular weight excluding hydrogens is 354 g/mol. The minimum absolute atomic E-state index is 0.272.